The van der Waals surface area contributed by atoms with Gasteiger partial charge in [0.1, 0.15) is 13.2 Å². The van der Waals surface area contributed by atoms with Crippen molar-refractivity contribution in [2.24, 2.45) is 0 Å². The second-order valence-electron chi connectivity index (χ2n) is 24.1. The zero-order valence-corrected chi connectivity index (χ0v) is 54.8. The van der Waals surface area contributed by atoms with Crippen molar-refractivity contribution in [3.05, 3.63) is 72.9 Å². The molecule has 82 heavy (non-hydrogen) atoms. The summed E-state index contributed by atoms with van der Waals surface area (Å²) in [5.41, 5.74) is 0. The zero-order valence-electron chi connectivity index (χ0n) is 54.8. The number of rotatable bonds is 66. The lowest BCUT2D eigenvalue weighted by atomic mass is 10.0. The predicted molar refractivity (Wildman–Crippen MR) is 358 cm³/mol. The van der Waals surface area contributed by atoms with Gasteiger partial charge in [-0.2, -0.15) is 0 Å². The van der Waals surface area contributed by atoms with Crippen LogP contribution in [0.2, 0.25) is 0 Å². The maximum atomic E-state index is 13.0. The van der Waals surface area contributed by atoms with Crippen LogP contribution in [0.3, 0.4) is 0 Å². The summed E-state index contributed by atoms with van der Waals surface area (Å²) in [5.74, 6) is -0.865. The third kappa shape index (κ3) is 67.6. The molecule has 0 aromatic carbocycles. The van der Waals surface area contributed by atoms with Gasteiger partial charge in [-0.3, -0.25) is 14.4 Å². The Morgan fingerprint density at radius 3 is 0.768 bits per heavy atom. The molecule has 0 aromatic rings. The van der Waals surface area contributed by atoms with E-state index in [-0.39, 0.29) is 31.1 Å². The van der Waals surface area contributed by atoms with E-state index in [0.717, 1.165) is 96.3 Å². The summed E-state index contributed by atoms with van der Waals surface area (Å²) in [7, 11) is 0. The van der Waals surface area contributed by atoms with Crippen LogP contribution >= 0.6 is 0 Å². The van der Waals surface area contributed by atoms with Crippen molar-refractivity contribution in [2.75, 3.05) is 13.2 Å². The Labute approximate surface area is 510 Å². The average Bonchev–Trinajstić information content (AvgIpc) is 3.47. The minimum Gasteiger partial charge on any atom is -0.462 e. The van der Waals surface area contributed by atoms with Crippen molar-refractivity contribution in [1.29, 1.82) is 0 Å². The summed E-state index contributed by atoms with van der Waals surface area (Å²) in [6.45, 7) is 6.56. The number of esters is 3. The Hall–Kier alpha value is -3.15. The second-order valence-corrected chi connectivity index (χ2v) is 24.1. The number of carbonyl (C=O) groups is 3. The highest BCUT2D eigenvalue weighted by Crippen LogP contribution is 2.18. The lowest BCUT2D eigenvalue weighted by molar-refractivity contribution is -0.167. The second kappa shape index (κ2) is 70.3. The molecule has 476 valence electrons. The number of hydrogen-bond acceptors (Lipinski definition) is 6. The molecule has 0 spiro atoms. The Morgan fingerprint density at radius 1 is 0.256 bits per heavy atom. The summed E-state index contributed by atoms with van der Waals surface area (Å²) in [4.78, 5) is 38.5. The molecular formula is C76H136O6. The third-order valence-corrected chi connectivity index (χ3v) is 15.9. The maximum absolute atomic E-state index is 13.0. The summed E-state index contributed by atoms with van der Waals surface area (Å²) in [6, 6.07) is 0. The molecule has 0 amide bonds. The summed E-state index contributed by atoms with van der Waals surface area (Å²) in [5, 5.41) is 0. The maximum Gasteiger partial charge on any atom is 0.306 e. The molecular weight excluding hydrogens is 1010 g/mol. The van der Waals surface area contributed by atoms with Crippen molar-refractivity contribution in [3.8, 4) is 0 Å². The van der Waals surface area contributed by atoms with E-state index in [2.05, 4.69) is 93.7 Å². The average molecular weight is 1150 g/mol. The number of unbranched alkanes of at least 4 members (excludes halogenated alkanes) is 43. The van der Waals surface area contributed by atoms with E-state index in [1.807, 2.05) is 0 Å². The predicted octanol–water partition coefficient (Wildman–Crippen LogP) is 24.8. The van der Waals surface area contributed by atoms with Gasteiger partial charge in [-0.1, -0.05) is 338 Å². The number of allylic oxidation sites excluding steroid dienone is 12. The third-order valence-electron chi connectivity index (χ3n) is 15.9. The first-order valence-electron chi connectivity index (χ1n) is 35.9. The van der Waals surface area contributed by atoms with Crippen LogP contribution in [0.4, 0.5) is 0 Å². The van der Waals surface area contributed by atoms with Crippen LogP contribution in [-0.4, -0.2) is 37.2 Å². The normalized spacial score (nSPS) is 12.5. The summed E-state index contributed by atoms with van der Waals surface area (Å²) < 4.78 is 17.0. The van der Waals surface area contributed by atoms with E-state index in [1.54, 1.807) is 0 Å². The molecule has 0 aliphatic rings. The molecule has 1 unspecified atom stereocenters. The summed E-state index contributed by atoms with van der Waals surface area (Å²) >= 11 is 0. The largest absolute Gasteiger partial charge is 0.462 e. The van der Waals surface area contributed by atoms with Crippen molar-refractivity contribution >= 4 is 17.9 Å². The lowest BCUT2D eigenvalue weighted by Crippen LogP contribution is -2.30. The van der Waals surface area contributed by atoms with Crippen molar-refractivity contribution in [1.82, 2.24) is 0 Å². The van der Waals surface area contributed by atoms with Crippen molar-refractivity contribution in [2.45, 2.75) is 380 Å². The highest BCUT2D eigenvalue weighted by molar-refractivity contribution is 5.71. The van der Waals surface area contributed by atoms with E-state index >= 15 is 0 Å². The molecule has 0 rings (SSSR count). The zero-order chi connectivity index (χ0) is 59.2. The van der Waals surface area contributed by atoms with Crippen LogP contribution in [0.5, 0.6) is 0 Å². The molecule has 0 fully saturated rings. The van der Waals surface area contributed by atoms with E-state index in [9.17, 15) is 14.4 Å². The molecule has 6 nitrogen and oxygen atoms in total. The topological polar surface area (TPSA) is 78.9 Å². The van der Waals surface area contributed by atoms with Crippen LogP contribution in [-0.2, 0) is 28.6 Å². The molecule has 6 heteroatoms. The van der Waals surface area contributed by atoms with Crippen LogP contribution in [0.25, 0.3) is 0 Å². The van der Waals surface area contributed by atoms with Crippen LogP contribution in [0.1, 0.15) is 374 Å². The van der Waals surface area contributed by atoms with Crippen LogP contribution < -0.4 is 0 Å². The standard InChI is InChI=1S/C76H136O6/c1-4-7-10-13-16-19-22-25-28-31-34-36-37-38-40-42-45-48-51-54-57-60-63-66-69-75(78)81-72-73(71-80-74(77)68-65-62-59-56-53-50-47-44-41-33-30-27-24-21-18-15-12-9-6-3)82-76(79)70-67-64-61-58-55-52-49-46-43-39-35-32-29-26-23-20-17-14-11-8-5-2/h8,11,17-18,20-21,26-27,29-30,35,39,73H,4-7,9-10,12-16,19,22-25,28,31-34,36-38,40-72H2,1-3H3/b11-8-,20-17-,21-18-,29-26-,30-27-,39-35-. The number of hydrogen-bond donors (Lipinski definition) is 0. The van der Waals surface area contributed by atoms with Crippen molar-refractivity contribution in [3.63, 3.8) is 0 Å². The Kier molecular flexibility index (Phi) is 67.6. The fraction of sp³-hybridized carbons (Fsp3) is 0.803. The van der Waals surface area contributed by atoms with Gasteiger partial charge < -0.3 is 14.2 Å². The van der Waals surface area contributed by atoms with Gasteiger partial charge in [0.25, 0.3) is 0 Å². The van der Waals surface area contributed by atoms with E-state index in [4.69, 9.17) is 14.2 Å². The van der Waals surface area contributed by atoms with Gasteiger partial charge in [-0.05, 0) is 89.9 Å². The first-order valence-corrected chi connectivity index (χ1v) is 35.9. The molecule has 1 atom stereocenters. The smallest absolute Gasteiger partial charge is 0.306 e. The molecule has 0 aromatic heterocycles. The first-order chi connectivity index (χ1) is 40.5. The first kappa shape index (κ1) is 78.8. The molecule has 0 radical (unpaired) electrons. The van der Waals surface area contributed by atoms with Crippen LogP contribution in [0.15, 0.2) is 72.9 Å². The SMILES string of the molecule is CC/C=C\C/C=C\C/C=C\C/C=C\CCCCCCCCCCC(=O)OC(COC(=O)CCCCCCCCCCC/C=C\C/C=C\CCCCC)COC(=O)CCCCCCCCCCCCCCCCCCCCCCCCCC. The van der Waals surface area contributed by atoms with E-state index in [1.165, 1.54) is 238 Å². The lowest BCUT2D eigenvalue weighted by Gasteiger charge is -2.18. The monoisotopic (exact) mass is 1150 g/mol. The molecule has 0 heterocycles. The minimum absolute atomic E-state index is 0.0763. The van der Waals surface area contributed by atoms with Gasteiger partial charge in [0.2, 0.25) is 0 Å². The Morgan fingerprint density at radius 2 is 0.476 bits per heavy atom. The van der Waals surface area contributed by atoms with Gasteiger partial charge in [-0.25, -0.2) is 0 Å². The van der Waals surface area contributed by atoms with Crippen LogP contribution in [0, 0.1) is 0 Å². The number of ether oxygens (including phenoxy) is 3. The summed E-state index contributed by atoms with van der Waals surface area (Å²) in [6.07, 6.45) is 92.1. The van der Waals surface area contributed by atoms with E-state index < -0.39 is 6.10 Å². The fourth-order valence-corrected chi connectivity index (χ4v) is 10.6. The number of carbonyl (C=O) groups excluding carboxylic acids is 3. The Balaban J connectivity index is 4.34. The van der Waals surface area contributed by atoms with E-state index in [0.29, 0.717) is 19.3 Å². The van der Waals surface area contributed by atoms with Gasteiger partial charge >= 0.3 is 17.9 Å². The molecule has 0 bridgehead atoms. The Bertz CT molecular complexity index is 1500. The minimum atomic E-state index is -0.783. The molecule has 0 aliphatic carbocycles. The quantitative estimate of drug-likeness (QED) is 0.0261. The van der Waals surface area contributed by atoms with Gasteiger partial charge in [0.15, 0.2) is 6.10 Å². The fourth-order valence-electron chi connectivity index (χ4n) is 10.6. The van der Waals surface area contributed by atoms with Gasteiger partial charge in [0, 0.05) is 19.3 Å². The molecule has 0 aliphatic heterocycles. The highest BCUT2D eigenvalue weighted by atomic mass is 16.6. The van der Waals surface area contributed by atoms with Gasteiger partial charge in [-0.15, -0.1) is 0 Å². The highest BCUT2D eigenvalue weighted by Gasteiger charge is 2.19. The van der Waals surface area contributed by atoms with Crippen molar-refractivity contribution < 1.29 is 28.6 Å². The van der Waals surface area contributed by atoms with Gasteiger partial charge in [0.05, 0.1) is 0 Å². The molecule has 0 N–H and O–H groups in total. The molecule has 0 saturated carbocycles. The molecule has 0 saturated heterocycles.